The Kier molecular flexibility index (Phi) is 3.14. The first-order chi connectivity index (χ1) is 8.69. The molecule has 102 valence electrons. The minimum absolute atomic E-state index is 0.0297. The van der Waals surface area contributed by atoms with Crippen LogP contribution < -0.4 is 5.73 Å². The van der Waals surface area contributed by atoms with Gasteiger partial charge in [-0.3, -0.25) is 4.79 Å². The number of carbonyl (C=O) groups is 1. The van der Waals surface area contributed by atoms with Crippen molar-refractivity contribution in [3.8, 4) is 0 Å². The maximum absolute atomic E-state index is 12.0. The Balaban J connectivity index is 2.35. The number of amides is 1. The van der Waals surface area contributed by atoms with Gasteiger partial charge in [0.2, 0.25) is 0 Å². The molecule has 0 saturated carbocycles. The molecule has 0 radical (unpaired) electrons. The number of carbonyl (C=O) groups excluding carboxylic acids is 1. The zero-order valence-electron chi connectivity index (χ0n) is 10.6. The summed E-state index contributed by atoms with van der Waals surface area (Å²) in [6.45, 7) is 2.78. The van der Waals surface area contributed by atoms with Crippen molar-refractivity contribution in [2.75, 3.05) is 0 Å². The minimum atomic E-state index is -3.59. The maximum Gasteiger partial charge on any atom is 0.259 e. The SMILES string of the molecule is CC1(C)C(=O)N(Cc2ccccc2C(N)=S)S1(=O)=O. The Bertz CT molecular complexity index is 665. The van der Waals surface area contributed by atoms with E-state index in [0.29, 0.717) is 11.1 Å². The number of hydrogen-bond donors (Lipinski definition) is 1. The number of thiocarbonyl (C=S) groups is 1. The highest BCUT2D eigenvalue weighted by Crippen LogP contribution is 2.36. The second kappa shape index (κ2) is 4.28. The summed E-state index contributed by atoms with van der Waals surface area (Å²) in [5, 5.41) is 0. The molecule has 5 nitrogen and oxygen atoms in total. The summed E-state index contributed by atoms with van der Waals surface area (Å²) >= 11 is 4.91. The lowest BCUT2D eigenvalue weighted by atomic mass is 10.1. The molecule has 19 heavy (non-hydrogen) atoms. The van der Waals surface area contributed by atoms with E-state index in [1.165, 1.54) is 13.8 Å². The van der Waals surface area contributed by atoms with Crippen molar-refractivity contribution in [3.63, 3.8) is 0 Å². The van der Waals surface area contributed by atoms with Crippen LogP contribution in [0.2, 0.25) is 0 Å². The third kappa shape index (κ3) is 1.93. The van der Waals surface area contributed by atoms with E-state index >= 15 is 0 Å². The van der Waals surface area contributed by atoms with Crippen molar-refractivity contribution in [2.45, 2.75) is 25.1 Å². The molecule has 0 unspecified atom stereocenters. The topological polar surface area (TPSA) is 80.5 Å². The molecule has 0 bridgehead atoms. The van der Waals surface area contributed by atoms with E-state index in [2.05, 4.69) is 0 Å². The summed E-state index contributed by atoms with van der Waals surface area (Å²) in [5.74, 6) is -0.412. The molecule has 1 aromatic carbocycles. The van der Waals surface area contributed by atoms with Crippen LogP contribution in [0.5, 0.6) is 0 Å². The molecule has 0 aromatic heterocycles. The molecule has 1 aliphatic rings. The quantitative estimate of drug-likeness (QED) is 0.834. The molecule has 7 heteroatoms. The van der Waals surface area contributed by atoms with Crippen LogP contribution in [0.15, 0.2) is 24.3 Å². The average molecular weight is 298 g/mol. The van der Waals surface area contributed by atoms with Gasteiger partial charge >= 0.3 is 0 Å². The normalized spacial score (nSPS) is 19.9. The van der Waals surface area contributed by atoms with Crippen molar-refractivity contribution >= 4 is 33.1 Å². The van der Waals surface area contributed by atoms with Gasteiger partial charge in [-0.25, -0.2) is 12.7 Å². The Morgan fingerprint density at radius 2 is 1.95 bits per heavy atom. The van der Waals surface area contributed by atoms with Gasteiger partial charge in [-0.05, 0) is 19.4 Å². The number of hydrogen-bond acceptors (Lipinski definition) is 4. The number of nitrogens with two attached hydrogens (primary N) is 1. The van der Waals surface area contributed by atoms with E-state index in [0.717, 1.165) is 4.31 Å². The highest BCUT2D eigenvalue weighted by molar-refractivity contribution is 7.94. The Morgan fingerprint density at radius 1 is 1.37 bits per heavy atom. The van der Waals surface area contributed by atoms with Gasteiger partial charge in [0.25, 0.3) is 15.9 Å². The van der Waals surface area contributed by atoms with Gasteiger partial charge in [-0.1, -0.05) is 36.5 Å². The summed E-state index contributed by atoms with van der Waals surface area (Å²) in [5.41, 5.74) is 6.80. The number of benzene rings is 1. The van der Waals surface area contributed by atoms with E-state index in [4.69, 9.17) is 18.0 Å². The standard InChI is InChI=1S/C12H14N2O3S2/c1-12(2)11(15)14(19(12,16)17)7-8-5-3-4-6-9(8)10(13)18/h3-6H,7H2,1-2H3,(H2,13,18). The minimum Gasteiger partial charge on any atom is -0.389 e. The molecule has 2 rings (SSSR count). The molecule has 1 aromatic rings. The summed E-state index contributed by atoms with van der Waals surface area (Å²) < 4.78 is 23.5. The Hall–Kier alpha value is -1.47. The molecule has 1 fully saturated rings. The van der Waals surface area contributed by atoms with Gasteiger partial charge in [0.05, 0.1) is 6.54 Å². The van der Waals surface area contributed by atoms with Gasteiger partial charge in [-0.2, -0.15) is 0 Å². The lowest BCUT2D eigenvalue weighted by Gasteiger charge is -2.43. The fourth-order valence-electron chi connectivity index (χ4n) is 1.97. The van der Waals surface area contributed by atoms with E-state index in [9.17, 15) is 13.2 Å². The highest BCUT2D eigenvalue weighted by Gasteiger charge is 2.59. The van der Waals surface area contributed by atoms with Gasteiger partial charge in [0.1, 0.15) is 4.99 Å². The van der Waals surface area contributed by atoms with E-state index in [1.54, 1.807) is 24.3 Å². The predicted octanol–water partition coefficient (Wildman–Crippen LogP) is 0.771. The van der Waals surface area contributed by atoms with Crippen molar-refractivity contribution in [1.82, 2.24) is 4.31 Å². The summed E-state index contributed by atoms with van der Waals surface area (Å²) in [6, 6.07) is 6.93. The summed E-state index contributed by atoms with van der Waals surface area (Å²) in [4.78, 5) is 12.0. The fourth-order valence-corrected chi connectivity index (χ4v) is 3.67. The van der Waals surface area contributed by atoms with Crippen LogP contribution in [0.3, 0.4) is 0 Å². The van der Waals surface area contributed by atoms with Crippen LogP contribution in [-0.4, -0.2) is 28.4 Å². The zero-order chi connectivity index (χ0) is 14.4. The second-order valence-electron chi connectivity index (χ2n) is 4.85. The summed E-state index contributed by atoms with van der Waals surface area (Å²) in [7, 11) is -3.59. The molecule has 1 aliphatic heterocycles. The smallest absolute Gasteiger partial charge is 0.259 e. The first-order valence-electron chi connectivity index (χ1n) is 5.64. The number of rotatable bonds is 3. The van der Waals surface area contributed by atoms with Crippen LogP contribution in [0.25, 0.3) is 0 Å². The molecule has 1 amide bonds. The zero-order valence-corrected chi connectivity index (χ0v) is 12.2. The van der Waals surface area contributed by atoms with Crippen molar-refractivity contribution < 1.29 is 13.2 Å². The monoisotopic (exact) mass is 298 g/mol. The van der Waals surface area contributed by atoms with Gasteiger partial charge in [-0.15, -0.1) is 0 Å². The third-order valence-corrected chi connectivity index (χ3v) is 5.83. The largest absolute Gasteiger partial charge is 0.389 e. The second-order valence-corrected chi connectivity index (χ2v) is 7.70. The van der Waals surface area contributed by atoms with Gasteiger partial charge in [0.15, 0.2) is 4.75 Å². The lowest BCUT2D eigenvalue weighted by molar-refractivity contribution is -0.132. The number of sulfonamides is 1. The van der Waals surface area contributed by atoms with E-state index < -0.39 is 20.7 Å². The molecule has 2 N–H and O–H groups in total. The third-order valence-electron chi connectivity index (χ3n) is 3.27. The lowest BCUT2D eigenvalue weighted by Crippen LogP contribution is -2.66. The van der Waals surface area contributed by atoms with Crippen LogP contribution in [0, 0.1) is 0 Å². The Labute approximate surface area is 117 Å². The summed E-state index contributed by atoms with van der Waals surface area (Å²) in [6.07, 6.45) is 0. The highest BCUT2D eigenvalue weighted by atomic mass is 32.2. The number of nitrogens with zero attached hydrogens (tertiary/aromatic N) is 1. The van der Waals surface area contributed by atoms with E-state index in [-0.39, 0.29) is 11.5 Å². The van der Waals surface area contributed by atoms with E-state index in [1.807, 2.05) is 0 Å². The first-order valence-corrected chi connectivity index (χ1v) is 7.49. The molecule has 0 atom stereocenters. The van der Waals surface area contributed by atoms with Gasteiger partial charge < -0.3 is 5.73 Å². The van der Waals surface area contributed by atoms with Crippen molar-refractivity contribution in [2.24, 2.45) is 5.73 Å². The van der Waals surface area contributed by atoms with Crippen LogP contribution in [0.1, 0.15) is 25.0 Å². The van der Waals surface area contributed by atoms with Crippen molar-refractivity contribution in [3.05, 3.63) is 35.4 Å². The molecular formula is C12H14N2O3S2. The maximum atomic E-state index is 12.0. The molecule has 0 aliphatic carbocycles. The van der Waals surface area contributed by atoms with Crippen LogP contribution >= 0.6 is 12.2 Å². The first kappa shape index (κ1) is 14.0. The van der Waals surface area contributed by atoms with Crippen LogP contribution in [-0.2, 0) is 21.4 Å². The fraction of sp³-hybridized carbons (Fsp3) is 0.333. The Morgan fingerprint density at radius 3 is 2.47 bits per heavy atom. The van der Waals surface area contributed by atoms with Crippen LogP contribution in [0.4, 0.5) is 0 Å². The molecule has 1 heterocycles. The molecule has 1 saturated heterocycles. The predicted molar refractivity (Wildman–Crippen MR) is 75.9 cm³/mol. The van der Waals surface area contributed by atoms with Gasteiger partial charge in [0, 0.05) is 5.56 Å². The van der Waals surface area contributed by atoms with Crippen molar-refractivity contribution in [1.29, 1.82) is 0 Å². The molecular weight excluding hydrogens is 284 g/mol. The molecule has 0 spiro atoms. The average Bonchev–Trinajstić information content (AvgIpc) is 2.35.